The summed E-state index contributed by atoms with van der Waals surface area (Å²) < 4.78 is 63.0. The number of amides is 1. The van der Waals surface area contributed by atoms with Gasteiger partial charge in [0, 0.05) is 25.2 Å². The Morgan fingerprint density at radius 1 is 1.16 bits per heavy atom. The van der Waals surface area contributed by atoms with Crippen LogP contribution in [0.3, 0.4) is 0 Å². The second-order valence-corrected chi connectivity index (χ2v) is 11.9. The van der Waals surface area contributed by atoms with Gasteiger partial charge in [0.15, 0.2) is 0 Å². The molecule has 1 aliphatic rings. The quantitative estimate of drug-likeness (QED) is 0.241. The lowest BCUT2D eigenvalue weighted by Gasteiger charge is -2.28. The average molecular weight is 557 g/mol. The van der Waals surface area contributed by atoms with E-state index in [9.17, 15) is 31.7 Å². The van der Waals surface area contributed by atoms with E-state index in [1.54, 1.807) is 0 Å². The fraction of sp³-hybridized carbons (Fsp3) is 0.409. The van der Waals surface area contributed by atoms with Gasteiger partial charge in [0.2, 0.25) is 26.0 Å². The molecule has 0 unspecified atom stereocenters. The molecule has 1 fully saturated rings. The number of morpholine rings is 1. The molecule has 2 aromatic carbocycles. The number of non-ortho nitro benzene ring substituents is 1. The second-order valence-electron chi connectivity index (χ2n) is 8.14. The molecule has 15 heteroatoms. The van der Waals surface area contributed by atoms with Crippen molar-refractivity contribution in [1.29, 1.82) is 0 Å². The smallest absolute Gasteiger partial charge is 0.271 e. The Hall–Kier alpha value is -3.27. The van der Waals surface area contributed by atoms with Crippen LogP contribution in [0.1, 0.15) is 6.92 Å². The standard InChI is InChI=1S/C22H28N4O9S2/c1-17(25(36(2,30)31)18-4-3-5-19(16-18)26(28)29)22(27)23-10-13-35-20-6-8-21(9-7-20)37(32,33)24-11-14-34-15-12-24/h3-9,16-17H,10-15H2,1-2H3,(H,23,27)/t17-/m0/s1. The van der Waals surface area contributed by atoms with E-state index in [2.05, 4.69) is 5.32 Å². The maximum Gasteiger partial charge on any atom is 0.271 e. The zero-order valence-corrected chi connectivity index (χ0v) is 21.9. The molecule has 1 saturated heterocycles. The molecule has 0 radical (unpaired) electrons. The minimum Gasteiger partial charge on any atom is -0.492 e. The van der Waals surface area contributed by atoms with Crippen molar-refractivity contribution in [2.75, 3.05) is 50.0 Å². The first-order valence-corrected chi connectivity index (χ1v) is 14.5. The van der Waals surface area contributed by atoms with Crippen molar-refractivity contribution in [2.45, 2.75) is 17.9 Å². The number of rotatable bonds is 11. The highest BCUT2D eigenvalue weighted by atomic mass is 32.2. The highest BCUT2D eigenvalue weighted by molar-refractivity contribution is 7.92. The molecule has 1 aliphatic heterocycles. The highest BCUT2D eigenvalue weighted by Crippen LogP contribution is 2.25. The maximum atomic E-state index is 12.7. The van der Waals surface area contributed by atoms with Gasteiger partial charge in [-0.15, -0.1) is 0 Å². The third-order valence-corrected chi connectivity index (χ3v) is 8.64. The Kier molecular flexibility index (Phi) is 9.07. The Bertz CT molecular complexity index is 1330. The summed E-state index contributed by atoms with van der Waals surface area (Å²) in [6.07, 6.45) is 0.904. The van der Waals surface area contributed by atoms with Gasteiger partial charge in [-0.3, -0.25) is 19.2 Å². The minimum absolute atomic E-state index is 0.0114. The summed E-state index contributed by atoms with van der Waals surface area (Å²) in [5, 5.41) is 13.6. The summed E-state index contributed by atoms with van der Waals surface area (Å²) in [4.78, 5) is 23.2. The molecule has 13 nitrogen and oxygen atoms in total. The van der Waals surface area contributed by atoms with Crippen molar-refractivity contribution >= 4 is 37.3 Å². The largest absolute Gasteiger partial charge is 0.492 e. The van der Waals surface area contributed by atoms with Crippen molar-refractivity contribution in [3.8, 4) is 5.75 Å². The van der Waals surface area contributed by atoms with Gasteiger partial charge in [-0.2, -0.15) is 4.31 Å². The van der Waals surface area contributed by atoms with Crippen molar-refractivity contribution in [3.05, 3.63) is 58.6 Å². The van der Waals surface area contributed by atoms with Crippen LogP contribution < -0.4 is 14.4 Å². The number of nitro benzene ring substituents is 1. The zero-order chi connectivity index (χ0) is 27.2. The van der Waals surface area contributed by atoms with E-state index in [-0.39, 0.29) is 42.5 Å². The molecule has 0 bridgehead atoms. The number of nitrogens with zero attached hydrogens (tertiary/aromatic N) is 3. The average Bonchev–Trinajstić information content (AvgIpc) is 2.86. The number of ether oxygens (including phenoxy) is 2. The number of hydrogen-bond donors (Lipinski definition) is 1. The molecule has 0 spiro atoms. The molecule has 1 heterocycles. The van der Waals surface area contributed by atoms with Crippen LogP contribution in [0.2, 0.25) is 0 Å². The first-order chi connectivity index (χ1) is 17.4. The number of anilines is 1. The Labute approximate surface area is 215 Å². The van der Waals surface area contributed by atoms with Gasteiger partial charge < -0.3 is 14.8 Å². The SMILES string of the molecule is C[C@@H](C(=O)NCCOc1ccc(S(=O)(=O)N2CCOCC2)cc1)N(c1cccc([N+](=O)[O-])c1)S(C)(=O)=O. The van der Waals surface area contributed by atoms with Gasteiger partial charge in [0.1, 0.15) is 18.4 Å². The first-order valence-electron chi connectivity index (χ1n) is 11.2. The van der Waals surface area contributed by atoms with Crippen molar-refractivity contribution in [1.82, 2.24) is 9.62 Å². The monoisotopic (exact) mass is 556 g/mol. The molecule has 37 heavy (non-hydrogen) atoms. The lowest BCUT2D eigenvalue weighted by atomic mass is 10.2. The molecule has 0 aromatic heterocycles. The summed E-state index contributed by atoms with van der Waals surface area (Å²) in [5.41, 5.74) is -0.321. The van der Waals surface area contributed by atoms with Crippen molar-refractivity contribution in [2.24, 2.45) is 0 Å². The van der Waals surface area contributed by atoms with Gasteiger partial charge in [0.05, 0.1) is 41.5 Å². The number of sulfonamides is 2. The second kappa shape index (κ2) is 11.9. The van der Waals surface area contributed by atoms with Crippen LogP contribution in [0.15, 0.2) is 53.4 Å². The third kappa shape index (κ3) is 7.15. The molecule has 1 atom stereocenters. The zero-order valence-electron chi connectivity index (χ0n) is 20.3. The van der Waals surface area contributed by atoms with E-state index in [0.717, 1.165) is 16.6 Å². The number of carbonyl (C=O) groups is 1. The Morgan fingerprint density at radius 2 is 1.81 bits per heavy atom. The highest BCUT2D eigenvalue weighted by Gasteiger charge is 2.30. The lowest BCUT2D eigenvalue weighted by molar-refractivity contribution is -0.384. The molecule has 0 saturated carbocycles. The number of nitro groups is 1. The predicted molar refractivity (Wildman–Crippen MR) is 134 cm³/mol. The Morgan fingerprint density at radius 3 is 2.41 bits per heavy atom. The van der Waals surface area contributed by atoms with Crippen LogP contribution in [0, 0.1) is 10.1 Å². The van der Waals surface area contributed by atoms with E-state index >= 15 is 0 Å². The summed E-state index contributed by atoms with van der Waals surface area (Å²) in [7, 11) is -7.57. The van der Waals surface area contributed by atoms with Gasteiger partial charge in [-0.1, -0.05) is 6.07 Å². The molecule has 1 N–H and O–H groups in total. The lowest BCUT2D eigenvalue weighted by Crippen LogP contribution is -2.48. The van der Waals surface area contributed by atoms with Gasteiger partial charge in [0.25, 0.3) is 5.69 Å². The summed E-state index contributed by atoms with van der Waals surface area (Å²) in [6, 6.07) is 9.69. The minimum atomic E-state index is -3.94. The molecule has 1 amide bonds. The van der Waals surface area contributed by atoms with E-state index in [1.165, 1.54) is 53.7 Å². The van der Waals surface area contributed by atoms with E-state index in [4.69, 9.17) is 9.47 Å². The van der Waals surface area contributed by atoms with Gasteiger partial charge in [-0.05, 0) is 37.3 Å². The molecular weight excluding hydrogens is 528 g/mol. The van der Waals surface area contributed by atoms with E-state index in [0.29, 0.717) is 19.0 Å². The predicted octanol–water partition coefficient (Wildman–Crippen LogP) is 0.965. The van der Waals surface area contributed by atoms with Crippen LogP contribution in [0.5, 0.6) is 5.75 Å². The van der Waals surface area contributed by atoms with Crippen LogP contribution >= 0.6 is 0 Å². The molecule has 0 aliphatic carbocycles. The third-order valence-electron chi connectivity index (χ3n) is 5.49. The number of nitrogens with one attached hydrogen (secondary N) is 1. The maximum absolute atomic E-state index is 12.7. The van der Waals surface area contributed by atoms with Gasteiger partial charge in [-0.25, -0.2) is 16.8 Å². The first kappa shape index (κ1) is 28.3. The van der Waals surface area contributed by atoms with Crippen LogP contribution in [0.4, 0.5) is 11.4 Å². The number of hydrogen-bond acceptors (Lipinski definition) is 9. The summed E-state index contributed by atoms with van der Waals surface area (Å²) >= 11 is 0. The van der Waals surface area contributed by atoms with E-state index in [1.807, 2.05) is 0 Å². The summed E-state index contributed by atoms with van der Waals surface area (Å²) in [6.45, 7) is 2.69. The van der Waals surface area contributed by atoms with Gasteiger partial charge >= 0.3 is 0 Å². The molecule has 2 aromatic rings. The van der Waals surface area contributed by atoms with Crippen molar-refractivity contribution < 1.29 is 36.0 Å². The Balaban J connectivity index is 1.56. The molecule has 202 valence electrons. The van der Waals surface area contributed by atoms with Crippen molar-refractivity contribution in [3.63, 3.8) is 0 Å². The normalized spacial score (nSPS) is 15.5. The topological polar surface area (TPSA) is 165 Å². The fourth-order valence-corrected chi connectivity index (χ4v) is 6.26. The van der Waals surface area contributed by atoms with Crippen LogP contribution in [0.25, 0.3) is 0 Å². The summed E-state index contributed by atoms with van der Waals surface area (Å²) in [5.74, 6) is -0.245. The van der Waals surface area contributed by atoms with Crippen LogP contribution in [-0.4, -0.2) is 83.7 Å². The van der Waals surface area contributed by atoms with Crippen LogP contribution in [-0.2, 0) is 29.6 Å². The molecular formula is C22H28N4O9S2. The number of carbonyl (C=O) groups excluding carboxylic acids is 1. The fourth-order valence-electron chi connectivity index (χ4n) is 3.69. The van der Waals surface area contributed by atoms with E-state index < -0.39 is 36.9 Å². The molecule has 3 rings (SSSR count). The number of benzene rings is 2.